The predicted octanol–water partition coefficient (Wildman–Crippen LogP) is 2.85. The topological polar surface area (TPSA) is 40.5 Å². The van der Waals surface area contributed by atoms with Crippen LogP contribution in [0.25, 0.3) is 0 Å². The molecule has 16 heavy (non-hydrogen) atoms. The van der Waals surface area contributed by atoms with Crippen molar-refractivity contribution in [3.05, 3.63) is 28.2 Å². The Bertz CT molecular complexity index is 419. The largest absolute Gasteiger partial charge is 0.481 e. The summed E-state index contributed by atoms with van der Waals surface area (Å²) in [4.78, 5) is 13.0. The van der Waals surface area contributed by atoms with Crippen molar-refractivity contribution >= 4 is 27.6 Å². The second-order valence-corrected chi connectivity index (χ2v) is 5.12. The van der Waals surface area contributed by atoms with Crippen LogP contribution in [0.4, 0.5) is 5.69 Å². The van der Waals surface area contributed by atoms with Crippen molar-refractivity contribution in [2.45, 2.75) is 18.8 Å². The first-order valence-corrected chi connectivity index (χ1v) is 6.09. The normalized spacial score (nSPS) is 19.4. The van der Waals surface area contributed by atoms with Crippen molar-refractivity contribution < 1.29 is 9.90 Å². The Hall–Kier alpha value is -1.03. The van der Waals surface area contributed by atoms with Crippen molar-refractivity contribution in [2.24, 2.45) is 0 Å². The maximum absolute atomic E-state index is 10.8. The second-order valence-electron chi connectivity index (χ2n) is 4.21. The molecule has 1 aromatic rings. The lowest BCUT2D eigenvalue weighted by molar-refractivity contribution is -0.137. The lowest BCUT2D eigenvalue weighted by atomic mass is 9.88. The van der Waals surface area contributed by atoms with Crippen LogP contribution in [-0.4, -0.2) is 24.7 Å². The number of benzene rings is 1. The quantitative estimate of drug-likeness (QED) is 0.907. The van der Waals surface area contributed by atoms with Crippen LogP contribution in [0.2, 0.25) is 0 Å². The summed E-state index contributed by atoms with van der Waals surface area (Å²) in [5.41, 5.74) is 2.30. The van der Waals surface area contributed by atoms with Crippen molar-refractivity contribution in [1.29, 1.82) is 0 Å². The maximum Gasteiger partial charge on any atom is 0.303 e. The van der Waals surface area contributed by atoms with Crippen molar-refractivity contribution in [2.75, 3.05) is 18.5 Å². The van der Waals surface area contributed by atoms with Crippen LogP contribution in [0.5, 0.6) is 0 Å². The van der Waals surface area contributed by atoms with E-state index in [9.17, 15) is 4.79 Å². The fourth-order valence-corrected chi connectivity index (χ4v) is 2.59. The third kappa shape index (κ3) is 2.21. The van der Waals surface area contributed by atoms with Crippen molar-refractivity contribution in [3.63, 3.8) is 0 Å². The highest BCUT2D eigenvalue weighted by molar-refractivity contribution is 9.10. The molecule has 0 bridgehead atoms. The van der Waals surface area contributed by atoms with Gasteiger partial charge in [0.25, 0.3) is 0 Å². The van der Waals surface area contributed by atoms with Gasteiger partial charge in [-0.2, -0.15) is 0 Å². The lowest BCUT2D eigenvalue weighted by Crippen LogP contribution is -2.28. The molecule has 3 nitrogen and oxygen atoms in total. The molecule has 0 saturated carbocycles. The number of nitrogens with zero attached hydrogens (tertiary/aromatic N) is 1. The summed E-state index contributed by atoms with van der Waals surface area (Å²) in [6, 6.07) is 6.07. The van der Waals surface area contributed by atoms with Crippen LogP contribution >= 0.6 is 15.9 Å². The zero-order valence-electron chi connectivity index (χ0n) is 9.11. The average molecular weight is 284 g/mol. The minimum absolute atomic E-state index is 0.150. The predicted molar refractivity (Wildman–Crippen MR) is 67.0 cm³/mol. The number of fused-ring (bicyclic) bond motifs is 1. The third-order valence-electron chi connectivity index (χ3n) is 3.08. The zero-order chi connectivity index (χ0) is 11.7. The van der Waals surface area contributed by atoms with E-state index in [1.807, 2.05) is 19.2 Å². The number of aliphatic carboxylic acids is 1. The molecule has 0 fully saturated rings. The highest BCUT2D eigenvalue weighted by Crippen LogP contribution is 2.37. The Morgan fingerprint density at radius 3 is 3.06 bits per heavy atom. The van der Waals surface area contributed by atoms with E-state index >= 15 is 0 Å². The lowest BCUT2D eigenvalue weighted by Gasteiger charge is -2.32. The molecule has 1 unspecified atom stereocenters. The van der Waals surface area contributed by atoms with E-state index in [-0.39, 0.29) is 12.3 Å². The number of halogens is 1. The van der Waals surface area contributed by atoms with Crippen molar-refractivity contribution in [1.82, 2.24) is 0 Å². The molecule has 86 valence electrons. The van der Waals surface area contributed by atoms with Crippen LogP contribution in [0, 0.1) is 0 Å². The zero-order valence-corrected chi connectivity index (χ0v) is 10.7. The van der Waals surface area contributed by atoms with Crippen LogP contribution in [0.1, 0.15) is 24.3 Å². The fraction of sp³-hybridized carbons (Fsp3) is 0.417. The van der Waals surface area contributed by atoms with Gasteiger partial charge in [0, 0.05) is 23.8 Å². The number of carboxylic acid groups (broad SMARTS) is 1. The summed E-state index contributed by atoms with van der Waals surface area (Å²) in [6.45, 7) is 0.918. The van der Waals surface area contributed by atoms with Gasteiger partial charge in [-0.15, -0.1) is 0 Å². The van der Waals surface area contributed by atoms with Gasteiger partial charge in [0.05, 0.1) is 6.42 Å². The van der Waals surface area contributed by atoms with E-state index in [2.05, 4.69) is 26.9 Å². The van der Waals surface area contributed by atoms with Gasteiger partial charge in [0.2, 0.25) is 0 Å². The summed E-state index contributed by atoms with van der Waals surface area (Å²) < 4.78 is 1.04. The molecule has 0 amide bonds. The first-order valence-electron chi connectivity index (χ1n) is 5.30. The second kappa shape index (κ2) is 4.45. The third-order valence-corrected chi connectivity index (χ3v) is 3.57. The van der Waals surface area contributed by atoms with Gasteiger partial charge in [-0.3, -0.25) is 4.79 Å². The molecular weight excluding hydrogens is 270 g/mol. The first kappa shape index (κ1) is 11.5. The highest BCUT2D eigenvalue weighted by atomic mass is 79.9. The number of carboxylic acids is 1. The Kier molecular flexibility index (Phi) is 3.19. The Labute approximate surface area is 103 Å². The standard InChI is InChI=1S/C12H14BrNO2/c1-14-5-4-8(6-12(15)16)10-3-2-9(13)7-11(10)14/h2-3,7-8H,4-6H2,1H3,(H,15,16). The molecule has 1 aliphatic rings. The minimum Gasteiger partial charge on any atom is -0.481 e. The van der Waals surface area contributed by atoms with Gasteiger partial charge in [0.1, 0.15) is 0 Å². The van der Waals surface area contributed by atoms with E-state index in [1.54, 1.807) is 0 Å². The number of carbonyl (C=O) groups is 1. The van der Waals surface area contributed by atoms with Crippen LogP contribution in [-0.2, 0) is 4.79 Å². The number of rotatable bonds is 2. The van der Waals surface area contributed by atoms with Gasteiger partial charge in [-0.05, 0) is 30.0 Å². The van der Waals surface area contributed by atoms with Gasteiger partial charge >= 0.3 is 5.97 Å². The molecule has 1 heterocycles. The van der Waals surface area contributed by atoms with E-state index in [0.717, 1.165) is 28.7 Å². The molecule has 1 aliphatic heterocycles. The smallest absolute Gasteiger partial charge is 0.303 e. The molecule has 0 aliphatic carbocycles. The summed E-state index contributed by atoms with van der Waals surface area (Å²) in [5, 5.41) is 8.89. The summed E-state index contributed by atoms with van der Waals surface area (Å²) >= 11 is 3.45. The Morgan fingerprint density at radius 1 is 1.62 bits per heavy atom. The van der Waals surface area contributed by atoms with E-state index in [0.29, 0.717) is 0 Å². The molecule has 1 N–H and O–H groups in total. The molecule has 4 heteroatoms. The van der Waals surface area contributed by atoms with Crippen LogP contribution < -0.4 is 4.90 Å². The van der Waals surface area contributed by atoms with Gasteiger partial charge in [-0.1, -0.05) is 22.0 Å². The molecule has 0 aromatic heterocycles. The highest BCUT2D eigenvalue weighted by Gasteiger charge is 2.25. The Balaban J connectivity index is 2.36. The SMILES string of the molecule is CN1CCC(CC(=O)O)c2ccc(Br)cc21. The molecular formula is C12H14BrNO2. The van der Waals surface area contributed by atoms with E-state index in [4.69, 9.17) is 5.11 Å². The average Bonchev–Trinajstić information content (AvgIpc) is 2.22. The molecule has 1 atom stereocenters. The Morgan fingerprint density at radius 2 is 2.38 bits per heavy atom. The number of hydrogen-bond acceptors (Lipinski definition) is 2. The fourth-order valence-electron chi connectivity index (χ4n) is 2.24. The molecule has 0 spiro atoms. The van der Waals surface area contributed by atoms with Gasteiger partial charge in [0.15, 0.2) is 0 Å². The molecule has 0 radical (unpaired) electrons. The molecule has 0 saturated heterocycles. The summed E-state index contributed by atoms with van der Waals surface area (Å²) in [6.07, 6.45) is 1.14. The maximum atomic E-state index is 10.8. The van der Waals surface area contributed by atoms with Crippen LogP contribution in [0.15, 0.2) is 22.7 Å². The number of hydrogen-bond donors (Lipinski definition) is 1. The van der Waals surface area contributed by atoms with E-state index in [1.165, 1.54) is 0 Å². The summed E-state index contributed by atoms with van der Waals surface area (Å²) in [7, 11) is 2.04. The van der Waals surface area contributed by atoms with Gasteiger partial charge < -0.3 is 10.0 Å². The molecule has 2 rings (SSSR count). The van der Waals surface area contributed by atoms with Crippen molar-refractivity contribution in [3.8, 4) is 0 Å². The summed E-state index contributed by atoms with van der Waals surface area (Å²) in [5.74, 6) is -0.569. The van der Waals surface area contributed by atoms with Gasteiger partial charge in [-0.25, -0.2) is 0 Å². The first-order chi connectivity index (χ1) is 7.58. The monoisotopic (exact) mass is 283 g/mol. The molecule has 1 aromatic carbocycles. The minimum atomic E-state index is -0.719. The van der Waals surface area contributed by atoms with E-state index < -0.39 is 5.97 Å². The van der Waals surface area contributed by atoms with Crippen LogP contribution in [0.3, 0.4) is 0 Å². The number of anilines is 1.